The van der Waals surface area contributed by atoms with Gasteiger partial charge in [0, 0.05) is 6.54 Å². The van der Waals surface area contributed by atoms with Crippen molar-refractivity contribution >= 4 is 18.0 Å². The molecular formula is C17H26N4O6. The fourth-order valence-corrected chi connectivity index (χ4v) is 2.22. The van der Waals surface area contributed by atoms with Gasteiger partial charge in [-0.15, -0.1) is 0 Å². The van der Waals surface area contributed by atoms with E-state index >= 15 is 0 Å². The molecule has 0 aliphatic carbocycles. The van der Waals surface area contributed by atoms with E-state index in [1.807, 2.05) is 6.07 Å². The van der Waals surface area contributed by atoms with Crippen LogP contribution in [0.2, 0.25) is 0 Å². The number of amides is 2. The fraction of sp³-hybridized carbons (Fsp3) is 0.706. The number of ether oxygens (including phenoxy) is 3. The van der Waals surface area contributed by atoms with E-state index in [0.717, 1.165) is 0 Å². The van der Waals surface area contributed by atoms with Gasteiger partial charge < -0.3 is 24.8 Å². The summed E-state index contributed by atoms with van der Waals surface area (Å²) < 4.78 is 13.7. The lowest BCUT2D eigenvalue weighted by molar-refractivity contribution is -0.144. The molecule has 0 aliphatic heterocycles. The Morgan fingerprint density at radius 2 is 1.63 bits per heavy atom. The summed E-state index contributed by atoms with van der Waals surface area (Å²) in [6.45, 7) is 0.584. The summed E-state index contributed by atoms with van der Waals surface area (Å²) in [5, 5.41) is 22.3. The minimum absolute atomic E-state index is 0.256. The molecule has 2 atom stereocenters. The van der Waals surface area contributed by atoms with Crippen LogP contribution in [0.3, 0.4) is 0 Å². The maximum absolute atomic E-state index is 11.9. The SMILES string of the molecule is COC(=O)C(C#N)CCCCNC(=O)NC(CCCCOC#N)C(=O)OC. The van der Waals surface area contributed by atoms with Crippen LogP contribution in [-0.2, 0) is 23.8 Å². The number of nitriles is 2. The molecule has 0 aromatic heterocycles. The van der Waals surface area contributed by atoms with Crippen molar-refractivity contribution in [3.63, 3.8) is 0 Å². The van der Waals surface area contributed by atoms with E-state index in [1.165, 1.54) is 14.2 Å². The van der Waals surface area contributed by atoms with Crippen LogP contribution in [0.4, 0.5) is 4.79 Å². The number of nitrogens with one attached hydrogen (secondary N) is 2. The molecule has 0 saturated heterocycles. The van der Waals surface area contributed by atoms with Crippen LogP contribution in [0.25, 0.3) is 0 Å². The molecule has 10 heteroatoms. The van der Waals surface area contributed by atoms with Crippen molar-refractivity contribution in [2.24, 2.45) is 5.92 Å². The van der Waals surface area contributed by atoms with Crippen LogP contribution in [0.1, 0.15) is 38.5 Å². The largest absolute Gasteiger partial charge is 0.468 e. The first-order chi connectivity index (χ1) is 13.0. The monoisotopic (exact) mass is 382 g/mol. The fourth-order valence-electron chi connectivity index (χ4n) is 2.22. The highest BCUT2D eigenvalue weighted by Gasteiger charge is 2.21. The van der Waals surface area contributed by atoms with Gasteiger partial charge in [-0.05, 0) is 38.5 Å². The molecule has 2 amide bonds. The molecule has 27 heavy (non-hydrogen) atoms. The number of hydrogen-bond donors (Lipinski definition) is 2. The van der Waals surface area contributed by atoms with E-state index in [0.29, 0.717) is 45.1 Å². The second-order valence-corrected chi connectivity index (χ2v) is 5.61. The number of hydrogen-bond acceptors (Lipinski definition) is 8. The number of esters is 2. The minimum Gasteiger partial charge on any atom is -0.468 e. The number of rotatable bonds is 13. The van der Waals surface area contributed by atoms with Crippen LogP contribution >= 0.6 is 0 Å². The van der Waals surface area contributed by atoms with Crippen LogP contribution in [0, 0.1) is 28.8 Å². The molecule has 0 fully saturated rings. The molecular weight excluding hydrogens is 356 g/mol. The van der Waals surface area contributed by atoms with E-state index in [1.54, 1.807) is 6.26 Å². The summed E-state index contributed by atoms with van der Waals surface area (Å²) >= 11 is 0. The Kier molecular flexibility index (Phi) is 13.6. The van der Waals surface area contributed by atoms with Gasteiger partial charge >= 0.3 is 18.0 Å². The topological polar surface area (TPSA) is 151 Å². The first kappa shape index (κ1) is 24.0. The number of methoxy groups -OCH3 is 2. The summed E-state index contributed by atoms with van der Waals surface area (Å²) in [7, 11) is 2.47. The van der Waals surface area contributed by atoms with Gasteiger partial charge in [0.25, 0.3) is 6.26 Å². The Bertz CT molecular complexity index is 555. The summed E-state index contributed by atoms with van der Waals surface area (Å²) in [6.07, 6.45) is 4.55. The van der Waals surface area contributed by atoms with E-state index < -0.39 is 29.9 Å². The Morgan fingerprint density at radius 3 is 2.22 bits per heavy atom. The van der Waals surface area contributed by atoms with Gasteiger partial charge in [-0.25, -0.2) is 9.59 Å². The molecule has 0 rings (SSSR count). The van der Waals surface area contributed by atoms with Crippen LogP contribution in [0.15, 0.2) is 0 Å². The van der Waals surface area contributed by atoms with E-state index in [2.05, 4.69) is 24.8 Å². The zero-order valence-electron chi connectivity index (χ0n) is 15.7. The summed E-state index contributed by atoms with van der Waals surface area (Å²) in [4.78, 5) is 34.9. The molecule has 10 nitrogen and oxygen atoms in total. The van der Waals surface area contributed by atoms with Gasteiger partial charge in [0.15, 0.2) is 0 Å². The summed E-state index contributed by atoms with van der Waals surface area (Å²) in [5.41, 5.74) is 0. The normalized spacial score (nSPS) is 11.9. The number of carbonyl (C=O) groups is 3. The quantitative estimate of drug-likeness (QED) is 0.272. The zero-order valence-corrected chi connectivity index (χ0v) is 15.7. The van der Waals surface area contributed by atoms with E-state index in [9.17, 15) is 14.4 Å². The van der Waals surface area contributed by atoms with Gasteiger partial charge in [-0.3, -0.25) is 4.79 Å². The van der Waals surface area contributed by atoms with Crippen LogP contribution in [-0.4, -0.2) is 51.4 Å². The second-order valence-electron chi connectivity index (χ2n) is 5.61. The highest BCUT2D eigenvalue weighted by molar-refractivity contribution is 5.83. The Labute approximate surface area is 158 Å². The first-order valence-corrected chi connectivity index (χ1v) is 8.60. The molecule has 2 N–H and O–H groups in total. The molecule has 0 aliphatic rings. The maximum Gasteiger partial charge on any atom is 0.328 e. The van der Waals surface area contributed by atoms with Gasteiger partial charge in [-0.2, -0.15) is 10.5 Å². The van der Waals surface area contributed by atoms with Crippen LogP contribution in [0.5, 0.6) is 0 Å². The predicted molar refractivity (Wildman–Crippen MR) is 92.7 cm³/mol. The maximum atomic E-state index is 11.9. The molecule has 0 heterocycles. The number of urea groups is 1. The third-order valence-corrected chi connectivity index (χ3v) is 3.69. The highest BCUT2D eigenvalue weighted by Crippen LogP contribution is 2.09. The molecule has 2 unspecified atom stereocenters. The van der Waals surface area contributed by atoms with Crippen molar-refractivity contribution in [3.05, 3.63) is 0 Å². The highest BCUT2D eigenvalue weighted by atomic mass is 16.5. The summed E-state index contributed by atoms with van der Waals surface area (Å²) in [6, 6.07) is 0.574. The third kappa shape index (κ3) is 11.3. The Hall–Kier alpha value is -3.01. The van der Waals surface area contributed by atoms with E-state index in [4.69, 9.17) is 10.5 Å². The van der Waals surface area contributed by atoms with Crippen molar-refractivity contribution < 1.29 is 28.6 Å². The van der Waals surface area contributed by atoms with Crippen molar-refractivity contribution in [1.82, 2.24) is 10.6 Å². The standard InChI is InChI=1S/C17H26N4O6/c1-25-15(22)13(11-18)7-3-5-9-20-17(24)21-14(16(23)26-2)8-4-6-10-27-12-19/h13-14H,3-10H2,1-2H3,(H2,20,21,24). The van der Waals surface area contributed by atoms with Crippen molar-refractivity contribution in [2.75, 3.05) is 27.4 Å². The molecule has 0 bridgehead atoms. The van der Waals surface area contributed by atoms with Gasteiger partial charge in [0.05, 0.1) is 20.3 Å². The van der Waals surface area contributed by atoms with Crippen molar-refractivity contribution in [2.45, 2.75) is 44.6 Å². The third-order valence-electron chi connectivity index (χ3n) is 3.69. The number of unbranched alkanes of at least 4 members (excludes halogenated alkanes) is 2. The Morgan fingerprint density at radius 1 is 0.963 bits per heavy atom. The molecule has 0 saturated carbocycles. The zero-order chi connectivity index (χ0) is 20.5. The lowest BCUT2D eigenvalue weighted by Crippen LogP contribution is -2.46. The van der Waals surface area contributed by atoms with Crippen LogP contribution < -0.4 is 10.6 Å². The number of nitrogens with zero attached hydrogens (tertiary/aromatic N) is 2. The van der Waals surface area contributed by atoms with E-state index in [-0.39, 0.29) is 6.61 Å². The average molecular weight is 382 g/mol. The summed E-state index contributed by atoms with van der Waals surface area (Å²) in [5.74, 6) is -1.93. The van der Waals surface area contributed by atoms with Crippen molar-refractivity contribution in [1.29, 1.82) is 10.5 Å². The molecule has 0 spiro atoms. The van der Waals surface area contributed by atoms with Gasteiger partial charge in [0.2, 0.25) is 0 Å². The minimum atomic E-state index is -0.808. The van der Waals surface area contributed by atoms with Gasteiger partial charge in [0.1, 0.15) is 18.6 Å². The molecule has 0 aromatic carbocycles. The van der Waals surface area contributed by atoms with Crippen molar-refractivity contribution in [3.8, 4) is 12.3 Å². The smallest absolute Gasteiger partial charge is 0.328 e. The molecule has 0 radical (unpaired) electrons. The lowest BCUT2D eigenvalue weighted by Gasteiger charge is -2.17. The lowest BCUT2D eigenvalue weighted by atomic mass is 10.0. The predicted octanol–water partition coefficient (Wildman–Crippen LogP) is 0.978. The molecule has 0 aromatic rings. The van der Waals surface area contributed by atoms with Gasteiger partial charge in [-0.1, -0.05) is 0 Å². The first-order valence-electron chi connectivity index (χ1n) is 8.60. The Balaban J connectivity index is 4.12. The second kappa shape index (κ2) is 15.3. The molecule has 150 valence electrons. The number of carbonyl (C=O) groups excluding carboxylic acids is 3. The average Bonchev–Trinajstić information content (AvgIpc) is 2.68.